The van der Waals surface area contributed by atoms with Gasteiger partial charge in [0, 0.05) is 12.6 Å². The van der Waals surface area contributed by atoms with Crippen molar-refractivity contribution in [3.63, 3.8) is 0 Å². The number of carbonyl (C=O) groups is 1. The van der Waals surface area contributed by atoms with Gasteiger partial charge in [0.2, 0.25) is 0 Å². The average molecular weight is 297 g/mol. The molecule has 1 amide bonds. The fraction of sp³-hybridized carbons (Fsp3) is 0.533. The van der Waals surface area contributed by atoms with E-state index in [1.165, 1.54) is 0 Å². The molecule has 4 nitrogen and oxygen atoms in total. The Morgan fingerprint density at radius 1 is 1.50 bits per heavy atom. The molecule has 0 aliphatic carbocycles. The molecule has 1 aliphatic heterocycles. The minimum absolute atomic E-state index is 0.106. The molecule has 1 fully saturated rings. The standard InChI is InChI=1S/C15H21ClN2O2/c1-10-7-8-17-9-13(10)18-15(19)11(2)20-14-6-4-3-5-12(14)16/h3-6,10-11,13,17H,7-9H2,1-2H3,(H,18,19). The molecular formula is C15H21ClN2O2. The summed E-state index contributed by atoms with van der Waals surface area (Å²) in [6.45, 7) is 5.72. The number of halogens is 1. The molecule has 0 aromatic heterocycles. The van der Waals surface area contributed by atoms with E-state index in [2.05, 4.69) is 17.6 Å². The summed E-state index contributed by atoms with van der Waals surface area (Å²) in [5, 5.41) is 6.84. The molecule has 2 N–H and O–H groups in total. The number of amides is 1. The van der Waals surface area contributed by atoms with Crippen molar-refractivity contribution in [2.45, 2.75) is 32.4 Å². The van der Waals surface area contributed by atoms with Crippen LogP contribution in [0.25, 0.3) is 0 Å². The van der Waals surface area contributed by atoms with Crippen LogP contribution in [0.5, 0.6) is 5.75 Å². The van der Waals surface area contributed by atoms with Gasteiger partial charge < -0.3 is 15.4 Å². The molecule has 20 heavy (non-hydrogen) atoms. The highest BCUT2D eigenvalue weighted by Crippen LogP contribution is 2.24. The minimum atomic E-state index is -0.566. The third kappa shape index (κ3) is 3.87. The van der Waals surface area contributed by atoms with Gasteiger partial charge in [0.05, 0.1) is 5.02 Å². The lowest BCUT2D eigenvalue weighted by atomic mass is 9.95. The van der Waals surface area contributed by atoms with E-state index in [-0.39, 0.29) is 11.9 Å². The highest BCUT2D eigenvalue weighted by Gasteiger charge is 2.25. The van der Waals surface area contributed by atoms with Gasteiger partial charge in [-0.3, -0.25) is 4.79 Å². The van der Waals surface area contributed by atoms with Crippen molar-refractivity contribution in [2.24, 2.45) is 5.92 Å². The number of carbonyl (C=O) groups excluding carboxylic acids is 1. The Kier molecular flexibility index (Phi) is 5.26. The number of para-hydroxylation sites is 1. The molecule has 1 aromatic carbocycles. The van der Waals surface area contributed by atoms with Crippen LogP contribution in [0, 0.1) is 5.92 Å². The van der Waals surface area contributed by atoms with Crippen LogP contribution in [0.3, 0.4) is 0 Å². The zero-order valence-corrected chi connectivity index (χ0v) is 12.6. The average Bonchev–Trinajstić information content (AvgIpc) is 2.43. The summed E-state index contributed by atoms with van der Waals surface area (Å²) in [5.74, 6) is 0.907. The Morgan fingerprint density at radius 3 is 2.95 bits per heavy atom. The molecular weight excluding hydrogens is 276 g/mol. The fourth-order valence-electron chi connectivity index (χ4n) is 2.27. The summed E-state index contributed by atoms with van der Waals surface area (Å²) >= 11 is 6.02. The molecule has 0 spiro atoms. The molecule has 0 bridgehead atoms. The lowest BCUT2D eigenvalue weighted by Gasteiger charge is -2.31. The van der Waals surface area contributed by atoms with Crippen molar-refractivity contribution >= 4 is 17.5 Å². The van der Waals surface area contributed by atoms with Gasteiger partial charge in [0.15, 0.2) is 6.10 Å². The lowest BCUT2D eigenvalue weighted by molar-refractivity contribution is -0.128. The van der Waals surface area contributed by atoms with Crippen molar-refractivity contribution in [2.75, 3.05) is 13.1 Å². The highest BCUT2D eigenvalue weighted by atomic mass is 35.5. The molecule has 3 atom stereocenters. The number of piperidine rings is 1. The van der Waals surface area contributed by atoms with Crippen LogP contribution < -0.4 is 15.4 Å². The third-order valence-electron chi connectivity index (χ3n) is 3.66. The smallest absolute Gasteiger partial charge is 0.261 e. The van der Waals surface area contributed by atoms with Gasteiger partial charge in [0.25, 0.3) is 5.91 Å². The Morgan fingerprint density at radius 2 is 2.25 bits per heavy atom. The second kappa shape index (κ2) is 6.95. The summed E-state index contributed by atoms with van der Waals surface area (Å²) in [4.78, 5) is 12.2. The van der Waals surface area contributed by atoms with Gasteiger partial charge in [0.1, 0.15) is 5.75 Å². The number of hydrogen-bond acceptors (Lipinski definition) is 3. The normalized spacial score (nSPS) is 23.9. The van der Waals surface area contributed by atoms with Gasteiger partial charge in [-0.1, -0.05) is 30.7 Å². The van der Waals surface area contributed by atoms with E-state index >= 15 is 0 Å². The maximum atomic E-state index is 12.2. The van der Waals surface area contributed by atoms with E-state index < -0.39 is 6.10 Å². The first-order chi connectivity index (χ1) is 9.58. The molecule has 0 saturated carbocycles. The molecule has 5 heteroatoms. The SMILES string of the molecule is CC(Oc1ccccc1Cl)C(=O)NC1CNCCC1C. The molecule has 0 radical (unpaired) electrons. The van der Waals surface area contributed by atoms with E-state index in [0.717, 1.165) is 19.5 Å². The van der Waals surface area contributed by atoms with E-state index in [0.29, 0.717) is 16.7 Å². The number of benzene rings is 1. The summed E-state index contributed by atoms with van der Waals surface area (Å²) in [6, 6.07) is 7.33. The van der Waals surface area contributed by atoms with Crippen molar-refractivity contribution in [3.05, 3.63) is 29.3 Å². The minimum Gasteiger partial charge on any atom is -0.479 e. The maximum Gasteiger partial charge on any atom is 0.261 e. The van der Waals surface area contributed by atoms with Crippen LogP contribution in [-0.4, -0.2) is 31.1 Å². The zero-order chi connectivity index (χ0) is 14.5. The quantitative estimate of drug-likeness (QED) is 0.896. The Hall–Kier alpha value is -1.26. The molecule has 1 saturated heterocycles. The molecule has 1 aliphatic rings. The second-order valence-corrected chi connectivity index (χ2v) is 5.68. The van der Waals surface area contributed by atoms with E-state index in [1.54, 1.807) is 19.1 Å². The fourth-order valence-corrected chi connectivity index (χ4v) is 2.45. The third-order valence-corrected chi connectivity index (χ3v) is 3.98. The predicted octanol–water partition coefficient (Wildman–Crippen LogP) is 2.22. The molecule has 1 heterocycles. The predicted molar refractivity (Wildman–Crippen MR) is 80.1 cm³/mol. The van der Waals surface area contributed by atoms with Crippen LogP contribution in [0.15, 0.2) is 24.3 Å². The molecule has 1 aromatic rings. The number of hydrogen-bond donors (Lipinski definition) is 2. The Bertz CT molecular complexity index is 467. The first-order valence-electron chi connectivity index (χ1n) is 7.00. The second-order valence-electron chi connectivity index (χ2n) is 5.28. The van der Waals surface area contributed by atoms with Crippen LogP contribution in [0.4, 0.5) is 0 Å². The summed E-state index contributed by atoms with van der Waals surface area (Å²) in [6.07, 6.45) is 0.508. The van der Waals surface area contributed by atoms with E-state index in [9.17, 15) is 4.79 Å². The zero-order valence-electron chi connectivity index (χ0n) is 11.9. The van der Waals surface area contributed by atoms with Crippen molar-refractivity contribution in [1.29, 1.82) is 0 Å². The van der Waals surface area contributed by atoms with Crippen LogP contribution in [-0.2, 0) is 4.79 Å². The van der Waals surface area contributed by atoms with Crippen molar-refractivity contribution < 1.29 is 9.53 Å². The molecule has 2 rings (SSSR count). The van der Waals surface area contributed by atoms with E-state index in [1.807, 2.05) is 12.1 Å². The summed E-state index contributed by atoms with van der Waals surface area (Å²) < 4.78 is 5.62. The van der Waals surface area contributed by atoms with E-state index in [4.69, 9.17) is 16.3 Å². The van der Waals surface area contributed by atoms with Crippen LogP contribution in [0.2, 0.25) is 5.02 Å². The van der Waals surface area contributed by atoms with Gasteiger partial charge in [-0.05, 0) is 37.9 Å². The monoisotopic (exact) mass is 296 g/mol. The Labute approximate surface area is 124 Å². The topological polar surface area (TPSA) is 50.4 Å². The summed E-state index contributed by atoms with van der Waals surface area (Å²) in [5.41, 5.74) is 0. The van der Waals surface area contributed by atoms with Gasteiger partial charge in [-0.25, -0.2) is 0 Å². The number of rotatable bonds is 4. The first kappa shape index (κ1) is 15.1. The highest BCUT2D eigenvalue weighted by molar-refractivity contribution is 6.32. The van der Waals surface area contributed by atoms with Gasteiger partial charge in [-0.2, -0.15) is 0 Å². The number of nitrogens with one attached hydrogen (secondary N) is 2. The van der Waals surface area contributed by atoms with Crippen molar-refractivity contribution in [1.82, 2.24) is 10.6 Å². The number of ether oxygens (including phenoxy) is 1. The van der Waals surface area contributed by atoms with Gasteiger partial charge >= 0.3 is 0 Å². The Balaban J connectivity index is 1.90. The lowest BCUT2D eigenvalue weighted by Crippen LogP contribution is -2.52. The van der Waals surface area contributed by atoms with Crippen LogP contribution in [0.1, 0.15) is 20.3 Å². The van der Waals surface area contributed by atoms with Gasteiger partial charge in [-0.15, -0.1) is 0 Å². The van der Waals surface area contributed by atoms with Crippen LogP contribution >= 0.6 is 11.6 Å². The molecule has 3 unspecified atom stereocenters. The molecule has 110 valence electrons. The van der Waals surface area contributed by atoms with Crippen molar-refractivity contribution in [3.8, 4) is 5.75 Å². The maximum absolute atomic E-state index is 12.2. The largest absolute Gasteiger partial charge is 0.479 e. The summed E-state index contributed by atoms with van der Waals surface area (Å²) in [7, 11) is 0. The first-order valence-corrected chi connectivity index (χ1v) is 7.38.